The highest BCUT2D eigenvalue weighted by Gasteiger charge is 2.24. The van der Waals surface area contributed by atoms with Gasteiger partial charge in [-0.3, -0.25) is 14.5 Å². The van der Waals surface area contributed by atoms with Crippen molar-refractivity contribution in [3.8, 4) is 0 Å². The molecule has 2 aliphatic rings. The van der Waals surface area contributed by atoms with Gasteiger partial charge in [-0.2, -0.15) is 0 Å². The van der Waals surface area contributed by atoms with Crippen molar-refractivity contribution < 1.29 is 9.59 Å². The Hall–Kier alpha value is -1.14. The lowest BCUT2D eigenvalue weighted by molar-refractivity contribution is -0.136. The van der Waals surface area contributed by atoms with Crippen LogP contribution in [0.4, 0.5) is 0 Å². The molecule has 0 aromatic carbocycles. The summed E-state index contributed by atoms with van der Waals surface area (Å²) in [5, 5.41) is 3.41. The molecular weight excluding hydrogens is 328 g/mol. The van der Waals surface area contributed by atoms with Crippen LogP contribution in [0.15, 0.2) is 0 Å². The minimum Gasteiger partial charge on any atom is -0.345 e. The molecule has 0 atom stereocenters. The lowest BCUT2D eigenvalue weighted by Gasteiger charge is -2.37. The fourth-order valence-corrected chi connectivity index (χ4v) is 3.58. The average Bonchev–Trinajstić information content (AvgIpc) is 2.68. The summed E-state index contributed by atoms with van der Waals surface area (Å²) in [5.74, 6) is 1.09. The zero-order valence-electron chi connectivity index (χ0n) is 17.6. The summed E-state index contributed by atoms with van der Waals surface area (Å²) < 4.78 is 0. The number of nitrogens with one attached hydrogen (secondary N) is 1. The van der Waals surface area contributed by atoms with Gasteiger partial charge < -0.3 is 15.1 Å². The number of hydrogen-bond acceptors (Lipinski definition) is 4. The lowest BCUT2D eigenvalue weighted by Crippen LogP contribution is -2.50. The number of hydrogen-bond donors (Lipinski definition) is 1. The Kier molecular flexibility index (Phi) is 10.8. The Morgan fingerprint density at radius 2 is 1.65 bits per heavy atom. The van der Waals surface area contributed by atoms with Gasteiger partial charge in [0.2, 0.25) is 11.8 Å². The topological polar surface area (TPSA) is 55.9 Å². The molecule has 0 unspecified atom stereocenters. The van der Waals surface area contributed by atoms with Crippen LogP contribution in [0.3, 0.4) is 0 Å². The molecule has 2 rings (SSSR count). The maximum atomic E-state index is 12.4. The summed E-state index contributed by atoms with van der Waals surface area (Å²) >= 11 is 0. The van der Waals surface area contributed by atoms with E-state index >= 15 is 0 Å². The molecular formula is C20H40N4O2. The Bertz CT molecular complexity index is 414. The zero-order valence-corrected chi connectivity index (χ0v) is 17.6. The van der Waals surface area contributed by atoms with Crippen LogP contribution in [0.5, 0.6) is 0 Å². The molecule has 26 heavy (non-hydrogen) atoms. The van der Waals surface area contributed by atoms with Gasteiger partial charge in [-0.25, -0.2) is 0 Å². The SMILES string of the molecule is CC.CC(C)C(=O)N(C)CCC(=O)N1CCN(CC2CCNCC2)CC1. The molecule has 2 amide bonds. The fourth-order valence-electron chi connectivity index (χ4n) is 3.58. The second kappa shape index (κ2) is 12.3. The van der Waals surface area contributed by atoms with Crippen LogP contribution < -0.4 is 5.32 Å². The summed E-state index contributed by atoms with van der Waals surface area (Å²) in [6, 6.07) is 0. The van der Waals surface area contributed by atoms with E-state index in [1.807, 2.05) is 32.6 Å². The molecule has 0 bridgehead atoms. The number of carbonyl (C=O) groups excluding carboxylic acids is 2. The van der Waals surface area contributed by atoms with Crippen LogP contribution >= 0.6 is 0 Å². The van der Waals surface area contributed by atoms with E-state index < -0.39 is 0 Å². The van der Waals surface area contributed by atoms with Gasteiger partial charge in [0.25, 0.3) is 0 Å². The summed E-state index contributed by atoms with van der Waals surface area (Å²) in [6.07, 6.45) is 2.98. The van der Waals surface area contributed by atoms with E-state index in [0.717, 1.165) is 45.2 Å². The van der Waals surface area contributed by atoms with Crippen molar-refractivity contribution in [2.75, 3.05) is 59.4 Å². The molecule has 6 heteroatoms. The van der Waals surface area contributed by atoms with Crippen LogP contribution in [0, 0.1) is 11.8 Å². The van der Waals surface area contributed by atoms with Crippen molar-refractivity contribution in [3.63, 3.8) is 0 Å². The summed E-state index contributed by atoms with van der Waals surface area (Å²) in [4.78, 5) is 30.4. The Labute approximate surface area is 160 Å². The van der Waals surface area contributed by atoms with Crippen molar-refractivity contribution in [3.05, 3.63) is 0 Å². The molecule has 2 fully saturated rings. The Morgan fingerprint density at radius 3 is 2.19 bits per heavy atom. The Morgan fingerprint density at radius 1 is 1.08 bits per heavy atom. The number of carbonyl (C=O) groups is 2. The molecule has 0 spiro atoms. The molecule has 0 aliphatic carbocycles. The molecule has 0 radical (unpaired) electrons. The molecule has 2 saturated heterocycles. The highest BCUT2D eigenvalue weighted by molar-refractivity contribution is 5.80. The quantitative estimate of drug-likeness (QED) is 0.775. The third-order valence-electron chi connectivity index (χ3n) is 5.23. The van der Waals surface area contributed by atoms with Gasteiger partial charge in [0.05, 0.1) is 0 Å². The van der Waals surface area contributed by atoms with Crippen molar-refractivity contribution in [2.24, 2.45) is 11.8 Å². The fraction of sp³-hybridized carbons (Fsp3) is 0.900. The highest BCUT2D eigenvalue weighted by atomic mass is 16.2. The smallest absolute Gasteiger partial charge is 0.224 e. The van der Waals surface area contributed by atoms with E-state index in [1.165, 1.54) is 19.4 Å². The van der Waals surface area contributed by atoms with E-state index in [9.17, 15) is 9.59 Å². The lowest BCUT2D eigenvalue weighted by atomic mass is 9.97. The molecule has 1 N–H and O–H groups in total. The molecule has 2 heterocycles. The highest BCUT2D eigenvalue weighted by Crippen LogP contribution is 2.15. The first-order chi connectivity index (χ1) is 12.5. The standard InChI is InChI=1S/C18H34N4O2.C2H6/c1-15(2)18(24)20(3)9-6-17(23)22-12-10-21(11-13-22)14-16-4-7-19-8-5-16;1-2/h15-16,19H,4-14H2,1-3H3;1-2H3. The zero-order chi connectivity index (χ0) is 19.5. The van der Waals surface area contributed by atoms with Gasteiger partial charge in [-0.15, -0.1) is 0 Å². The normalized spacial score (nSPS) is 19.1. The van der Waals surface area contributed by atoms with E-state index in [1.54, 1.807) is 11.9 Å². The van der Waals surface area contributed by atoms with Gasteiger partial charge in [-0.1, -0.05) is 27.7 Å². The predicted molar refractivity (Wildman–Crippen MR) is 107 cm³/mol. The van der Waals surface area contributed by atoms with Gasteiger partial charge >= 0.3 is 0 Å². The van der Waals surface area contributed by atoms with E-state index in [4.69, 9.17) is 0 Å². The molecule has 152 valence electrons. The molecule has 0 aromatic rings. The summed E-state index contributed by atoms with van der Waals surface area (Å²) in [7, 11) is 1.78. The van der Waals surface area contributed by atoms with Crippen LogP contribution in [0.2, 0.25) is 0 Å². The number of amides is 2. The maximum Gasteiger partial charge on any atom is 0.224 e. The monoisotopic (exact) mass is 368 g/mol. The van der Waals surface area contributed by atoms with E-state index in [2.05, 4.69) is 10.2 Å². The maximum absolute atomic E-state index is 12.4. The minimum absolute atomic E-state index is 0.0105. The Balaban J connectivity index is 0.00000163. The van der Waals surface area contributed by atoms with Crippen LogP contribution in [0.25, 0.3) is 0 Å². The number of nitrogens with zero attached hydrogens (tertiary/aromatic N) is 3. The van der Waals surface area contributed by atoms with E-state index in [-0.39, 0.29) is 17.7 Å². The molecule has 0 saturated carbocycles. The molecule has 0 aromatic heterocycles. The molecule has 2 aliphatic heterocycles. The van der Waals surface area contributed by atoms with Crippen molar-refractivity contribution in [1.29, 1.82) is 0 Å². The van der Waals surface area contributed by atoms with Crippen LogP contribution in [-0.4, -0.2) is 85.9 Å². The van der Waals surface area contributed by atoms with Crippen molar-refractivity contribution in [2.45, 2.75) is 47.0 Å². The van der Waals surface area contributed by atoms with Crippen LogP contribution in [-0.2, 0) is 9.59 Å². The third-order valence-corrected chi connectivity index (χ3v) is 5.23. The second-order valence-corrected chi connectivity index (χ2v) is 7.54. The van der Waals surface area contributed by atoms with Gasteiger partial charge in [-0.05, 0) is 31.8 Å². The first-order valence-electron chi connectivity index (χ1n) is 10.4. The van der Waals surface area contributed by atoms with Crippen molar-refractivity contribution >= 4 is 11.8 Å². The molecule has 6 nitrogen and oxygen atoms in total. The number of piperidine rings is 1. The minimum atomic E-state index is -0.0105. The van der Waals surface area contributed by atoms with Gasteiger partial charge in [0.15, 0.2) is 0 Å². The van der Waals surface area contributed by atoms with E-state index in [0.29, 0.717) is 13.0 Å². The summed E-state index contributed by atoms with van der Waals surface area (Å²) in [6.45, 7) is 15.4. The van der Waals surface area contributed by atoms with Gasteiger partial charge in [0.1, 0.15) is 0 Å². The largest absolute Gasteiger partial charge is 0.345 e. The van der Waals surface area contributed by atoms with Crippen LogP contribution in [0.1, 0.15) is 47.0 Å². The number of rotatable bonds is 6. The number of piperazine rings is 1. The average molecular weight is 369 g/mol. The predicted octanol–water partition coefficient (Wildman–Crippen LogP) is 1.66. The second-order valence-electron chi connectivity index (χ2n) is 7.54. The van der Waals surface area contributed by atoms with Gasteiger partial charge in [0, 0.05) is 58.7 Å². The first-order valence-corrected chi connectivity index (χ1v) is 10.4. The summed E-state index contributed by atoms with van der Waals surface area (Å²) in [5.41, 5.74) is 0. The third kappa shape index (κ3) is 7.62. The van der Waals surface area contributed by atoms with Crippen molar-refractivity contribution in [1.82, 2.24) is 20.0 Å². The first kappa shape index (κ1) is 22.9.